The number of hydrogen-bond acceptors (Lipinski definition) is 1. The second-order valence-electron chi connectivity index (χ2n) is 6.74. The van der Waals surface area contributed by atoms with Crippen LogP contribution in [-0.4, -0.2) is 5.91 Å². The molecule has 1 atom stereocenters. The molecule has 0 aliphatic rings. The number of nitrogens with one attached hydrogen (secondary N) is 1. The Kier molecular flexibility index (Phi) is 4.93. The van der Waals surface area contributed by atoms with E-state index < -0.39 is 0 Å². The molecule has 23 heavy (non-hydrogen) atoms. The Labute approximate surface area is 139 Å². The molecule has 2 aromatic rings. The Morgan fingerprint density at radius 1 is 0.739 bits per heavy atom. The van der Waals surface area contributed by atoms with Gasteiger partial charge in [0.15, 0.2) is 0 Å². The van der Waals surface area contributed by atoms with Crippen molar-refractivity contribution in [2.45, 2.75) is 54.5 Å². The smallest absolute Gasteiger partial charge is 0.252 e. The third-order valence-electron chi connectivity index (χ3n) is 4.78. The van der Waals surface area contributed by atoms with Crippen molar-refractivity contribution in [3.63, 3.8) is 0 Å². The zero-order valence-corrected chi connectivity index (χ0v) is 15.3. The lowest BCUT2D eigenvalue weighted by molar-refractivity contribution is 0.0939. The molecule has 0 heterocycles. The van der Waals surface area contributed by atoms with Crippen molar-refractivity contribution in [1.29, 1.82) is 0 Å². The molecule has 1 unspecified atom stereocenters. The van der Waals surface area contributed by atoms with E-state index in [1.54, 1.807) is 0 Å². The highest BCUT2D eigenvalue weighted by atomic mass is 16.1. The molecule has 0 bridgehead atoms. The quantitative estimate of drug-likeness (QED) is 0.846. The fourth-order valence-corrected chi connectivity index (χ4v) is 3.01. The van der Waals surface area contributed by atoms with Crippen LogP contribution in [0.1, 0.15) is 62.3 Å². The van der Waals surface area contributed by atoms with E-state index in [0.29, 0.717) is 0 Å². The predicted molar refractivity (Wildman–Crippen MR) is 97.2 cm³/mol. The molecule has 0 saturated carbocycles. The van der Waals surface area contributed by atoms with Crippen LogP contribution in [0.4, 0.5) is 0 Å². The highest BCUT2D eigenvalue weighted by Gasteiger charge is 2.16. The van der Waals surface area contributed by atoms with Crippen molar-refractivity contribution < 1.29 is 4.79 Å². The van der Waals surface area contributed by atoms with Crippen molar-refractivity contribution in [2.24, 2.45) is 0 Å². The van der Waals surface area contributed by atoms with Gasteiger partial charge in [0, 0.05) is 5.56 Å². The first-order valence-electron chi connectivity index (χ1n) is 8.17. The highest BCUT2D eigenvalue weighted by molar-refractivity contribution is 5.96. The number of rotatable bonds is 3. The average Bonchev–Trinajstić information content (AvgIpc) is 2.46. The first-order valence-corrected chi connectivity index (χ1v) is 8.17. The maximum absolute atomic E-state index is 12.7. The van der Waals surface area contributed by atoms with E-state index in [4.69, 9.17) is 0 Å². The van der Waals surface area contributed by atoms with Crippen molar-refractivity contribution in [2.75, 3.05) is 0 Å². The van der Waals surface area contributed by atoms with Gasteiger partial charge in [-0.15, -0.1) is 0 Å². The van der Waals surface area contributed by atoms with Crippen LogP contribution in [0.15, 0.2) is 24.3 Å². The number of amides is 1. The van der Waals surface area contributed by atoms with Crippen LogP contribution < -0.4 is 5.32 Å². The Morgan fingerprint density at radius 2 is 1.22 bits per heavy atom. The van der Waals surface area contributed by atoms with Crippen LogP contribution in [0.2, 0.25) is 0 Å². The van der Waals surface area contributed by atoms with Gasteiger partial charge in [-0.25, -0.2) is 0 Å². The molecule has 0 aliphatic heterocycles. The summed E-state index contributed by atoms with van der Waals surface area (Å²) in [7, 11) is 0. The fourth-order valence-electron chi connectivity index (χ4n) is 3.01. The summed E-state index contributed by atoms with van der Waals surface area (Å²) in [6.07, 6.45) is 0. The number of aryl methyl sites for hydroxylation is 6. The van der Waals surface area contributed by atoms with E-state index in [1.165, 1.54) is 27.8 Å². The van der Waals surface area contributed by atoms with E-state index in [-0.39, 0.29) is 11.9 Å². The first kappa shape index (κ1) is 17.3. The molecule has 0 aliphatic carbocycles. The summed E-state index contributed by atoms with van der Waals surface area (Å²) in [6, 6.07) is 8.43. The van der Waals surface area contributed by atoms with Gasteiger partial charge in [-0.1, -0.05) is 18.2 Å². The van der Waals surface area contributed by atoms with Gasteiger partial charge in [0.05, 0.1) is 6.04 Å². The minimum atomic E-state index is -0.0113. The molecule has 1 N–H and O–H groups in total. The number of carbonyl (C=O) groups excluding carboxylic acids is 1. The Morgan fingerprint density at radius 3 is 1.83 bits per heavy atom. The minimum Gasteiger partial charge on any atom is -0.345 e. The molecule has 1 amide bonds. The topological polar surface area (TPSA) is 29.1 Å². The maximum Gasteiger partial charge on any atom is 0.252 e. The van der Waals surface area contributed by atoms with E-state index in [0.717, 1.165) is 16.7 Å². The second kappa shape index (κ2) is 6.57. The van der Waals surface area contributed by atoms with Gasteiger partial charge in [-0.2, -0.15) is 0 Å². The molecule has 2 nitrogen and oxygen atoms in total. The Bertz CT molecular complexity index is 759. The van der Waals surface area contributed by atoms with E-state index in [9.17, 15) is 4.79 Å². The lowest BCUT2D eigenvalue weighted by atomic mass is 9.96. The molecule has 0 fully saturated rings. The maximum atomic E-state index is 12.7. The number of carbonyl (C=O) groups is 1. The average molecular weight is 309 g/mol. The fraction of sp³-hybridized carbons (Fsp3) is 0.381. The van der Waals surface area contributed by atoms with Crippen molar-refractivity contribution in [1.82, 2.24) is 5.32 Å². The second-order valence-corrected chi connectivity index (χ2v) is 6.74. The Balaban J connectivity index is 2.27. The summed E-state index contributed by atoms with van der Waals surface area (Å²) in [5, 5.41) is 3.15. The van der Waals surface area contributed by atoms with E-state index in [2.05, 4.69) is 51.2 Å². The molecule has 122 valence electrons. The summed E-state index contributed by atoms with van der Waals surface area (Å²) in [4.78, 5) is 12.7. The molecular formula is C21H27NO. The molecule has 0 aromatic heterocycles. The summed E-state index contributed by atoms with van der Waals surface area (Å²) in [5.74, 6) is -0.00396. The summed E-state index contributed by atoms with van der Waals surface area (Å²) < 4.78 is 0. The summed E-state index contributed by atoms with van der Waals surface area (Å²) in [5.41, 5.74) is 9.10. The van der Waals surface area contributed by atoms with Gasteiger partial charge in [0.2, 0.25) is 0 Å². The van der Waals surface area contributed by atoms with Crippen LogP contribution in [0.25, 0.3) is 0 Å². The standard InChI is InChI=1S/C21H27NO/c1-12-8-16(5)19(10-14(12)3)18(7)22-21(23)20-11-15(4)13(2)9-17(20)6/h8-11,18H,1-7H3,(H,22,23). The van der Waals surface area contributed by atoms with Gasteiger partial charge in [-0.05, 0) is 93.5 Å². The van der Waals surface area contributed by atoms with Gasteiger partial charge in [-0.3, -0.25) is 4.79 Å². The largest absolute Gasteiger partial charge is 0.345 e. The van der Waals surface area contributed by atoms with Gasteiger partial charge < -0.3 is 5.32 Å². The molecular weight excluding hydrogens is 282 g/mol. The molecule has 2 aromatic carbocycles. The number of benzene rings is 2. The first-order chi connectivity index (χ1) is 10.7. The van der Waals surface area contributed by atoms with Crippen LogP contribution in [0.3, 0.4) is 0 Å². The van der Waals surface area contributed by atoms with Gasteiger partial charge in [0.1, 0.15) is 0 Å². The lowest BCUT2D eigenvalue weighted by Crippen LogP contribution is -2.28. The van der Waals surface area contributed by atoms with Gasteiger partial charge in [0.25, 0.3) is 5.91 Å². The van der Waals surface area contributed by atoms with Crippen LogP contribution >= 0.6 is 0 Å². The van der Waals surface area contributed by atoms with E-state index >= 15 is 0 Å². The van der Waals surface area contributed by atoms with Crippen molar-refractivity contribution in [3.8, 4) is 0 Å². The zero-order valence-electron chi connectivity index (χ0n) is 15.3. The van der Waals surface area contributed by atoms with Crippen LogP contribution in [0, 0.1) is 41.5 Å². The van der Waals surface area contributed by atoms with Crippen molar-refractivity contribution in [3.05, 3.63) is 68.8 Å². The highest BCUT2D eigenvalue weighted by Crippen LogP contribution is 2.23. The zero-order chi connectivity index (χ0) is 17.3. The molecule has 2 heteroatoms. The van der Waals surface area contributed by atoms with E-state index in [1.807, 2.05) is 26.8 Å². The number of hydrogen-bond donors (Lipinski definition) is 1. The molecule has 0 radical (unpaired) electrons. The lowest BCUT2D eigenvalue weighted by Gasteiger charge is -2.19. The van der Waals surface area contributed by atoms with Crippen molar-refractivity contribution >= 4 is 5.91 Å². The summed E-state index contributed by atoms with van der Waals surface area (Å²) in [6.45, 7) is 14.5. The molecule has 2 rings (SSSR count). The SMILES string of the molecule is Cc1cc(C)c(C(=O)NC(C)c2cc(C)c(C)cc2C)cc1C. The van der Waals surface area contributed by atoms with Crippen LogP contribution in [-0.2, 0) is 0 Å². The third kappa shape index (κ3) is 3.64. The third-order valence-corrected chi connectivity index (χ3v) is 4.78. The van der Waals surface area contributed by atoms with Gasteiger partial charge >= 0.3 is 0 Å². The predicted octanol–water partition coefficient (Wildman–Crippen LogP) is 5.03. The normalized spacial score (nSPS) is 12.1. The molecule has 0 spiro atoms. The minimum absolute atomic E-state index is 0.00396. The molecule has 0 saturated heterocycles. The Hall–Kier alpha value is -2.09. The van der Waals surface area contributed by atoms with Crippen LogP contribution in [0.5, 0.6) is 0 Å². The summed E-state index contributed by atoms with van der Waals surface area (Å²) >= 11 is 0. The monoisotopic (exact) mass is 309 g/mol.